The normalized spacial score (nSPS) is 13.2. The van der Waals surface area contributed by atoms with Crippen molar-refractivity contribution in [2.45, 2.75) is 52.4 Å². The fourth-order valence-corrected chi connectivity index (χ4v) is 3.03. The van der Waals surface area contributed by atoms with Crippen molar-refractivity contribution in [3.63, 3.8) is 0 Å². The minimum absolute atomic E-state index is 0.495. The lowest BCUT2D eigenvalue weighted by Crippen LogP contribution is -2.33. The quantitative estimate of drug-likeness (QED) is 0.757. The fraction of sp³-hybridized carbons (Fsp3) is 0.688. The van der Waals surface area contributed by atoms with Gasteiger partial charge in [0.1, 0.15) is 0 Å². The van der Waals surface area contributed by atoms with E-state index in [9.17, 15) is 0 Å². The molecule has 0 aliphatic rings. The summed E-state index contributed by atoms with van der Waals surface area (Å²) in [4.78, 5) is 7.17. The van der Waals surface area contributed by atoms with Crippen LogP contribution in [0.15, 0.2) is 18.2 Å². The fourth-order valence-electron chi connectivity index (χ4n) is 2.16. The Morgan fingerprint density at radius 3 is 2.60 bits per heavy atom. The molecule has 20 heavy (non-hydrogen) atoms. The molecule has 0 saturated carbocycles. The van der Waals surface area contributed by atoms with Gasteiger partial charge in [-0.25, -0.2) is 0 Å². The monoisotopic (exact) mass is 295 g/mol. The van der Waals surface area contributed by atoms with Crippen LogP contribution in [0.2, 0.25) is 0 Å². The summed E-state index contributed by atoms with van der Waals surface area (Å²) in [5, 5.41) is 3.42. The molecule has 1 N–H and O–H groups in total. The SMILES string of the molecule is CCC(CSC)N(C)Cc1cccc(CNC(C)C)n1. The Hall–Kier alpha value is -0.580. The van der Waals surface area contributed by atoms with Crippen LogP contribution in [0.25, 0.3) is 0 Å². The number of nitrogens with one attached hydrogen (secondary N) is 1. The van der Waals surface area contributed by atoms with Gasteiger partial charge in [-0.2, -0.15) is 11.8 Å². The number of thioether (sulfide) groups is 1. The molecular weight excluding hydrogens is 266 g/mol. The lowest BCUT2D eigenvalue weighted by Gasteiger charge is -2.26. The van der Waals surface area contributed by atoms with Gasteiger partial charge in [-0.15, -0.1) is 0 Å². The first-order valence-corrected chi connectivity index (χ1v) is 8.83. The summed E-state index contributed by atoms with van der Waals surface area (Å²) < 4.78 is 0. The summed E-state index contributed by atoms with van der Waals surface area (Å²) >= 11 is 1.92. The highest BCUT2D eigenvalue weighted by Gasteiger charge is 2.13. The van der Waals surface area contributed by atoms with Crippen molar-refractivity contribution in [1.82, 2.24) is 15.2 Å². The van der Waals surface area contributed by atoms with Gasteiger partial charge in [0, 0.05) is 30.9 Å². The average molecular weight is 295 g/mol. The predicted octanol–water partition coefficient (Wildman–Crippen LogP) is 3.15. The molecule has 0 bridgehead atoms. The summed E-state index contributed by atoms with van der Waals surface area (Å²) in [6, 6.07) is 7.46. The molecule has 1 aromatic rings. The van der Waals surface area contributed by atoms with E-state index < -0.39 is 0 Å². The van der Waals surface area contributed by atoms with E-state index in [-0.39, 0.29) is 0 Å². The van der Waals surface area contributed by atoms with Gasteiger partial charge in [0.15, 0.2) is 0 Å². The van der Waals surface area contributed by atoms with Crippen molar-refractivity contribution in [3.8, 4) is 0 Å². The summed E-state index contributed by atoms with van der Waals surface area (Å²) in [6.07, 6.45) is 3.36. The summed E-state index contributed by atoms with van der Waals surface area (Å²) in [5.74, 6) is 1.18. The topological polar surface area (TPSA) is 28.2 Å². The third kappa shape index (κ3) is 6.25. The van der Waals surface area contributed by atoms with Crippen molar-refractivity contribution in [3.05, 3.63) is 29.6 Å². The van der Waals surface area contributed by atoms with E-state index in [1.54, 1.807) is 0 Å². The second-order valence-electron chi connectivity index (χ2n) is 5.59. The Labute approximate surface area is 128 Å². The predicted molar refractivity (Wildman–Crippen MR) is 90.1 cm³/mol. The molecule has 0 aliphatic carbocycles. The zero-order chi connectivity index (χ0) is 15.0. The third-order valence-electron chi connectivity index (χ3n) is 3.42. The highest BCUT2D eigenvalue weighted by Crippen LogP contribution is 2.11. The number of pyridine rings is 1. The van der Waals surface area contributed by atoms with E-state index in [0.29, 0.717) is 12.1 Å². The van der Waals surface area contributed by atoms with E-state index in [1.807, 2.05) is 11.8 Å². The molecule has 1 unspecified atom stereocenters. The molecule has 0 aromatic carbocycles. The lowest BCUT2D eigenvalue weighted by atomic mass is 10.2. The van der Waals surface area contributed by atoms with Crippen molar-refractivity contribution < 1.29 is 0 Å². The first-order chi connectivity index (χ1) is 9.56. The molecule has 0 spiro atoms. The molecule has 0 radical (unpaired) electrons. The van der Waals surface area contributed by atoms with Gasteiger partial charge < -0.3 is 5.32 Å². The van der Waals surface area contributed by atoms with Gasteiger partial charge in [-0.3, -0.25) is 9.88 Å². The third-order valence-corrected chi connectivity index (χ3v) is 4.14. The second kappa shape index (κ2) is 9.37. The van der Waals surface area contributed by atoms with Crippen LogP contribution < -0.4 is 5.32 Å². The standard InChI is InChI=1S/C16H29N3S/c1-6-16(12-20-5)19(4)11-15-9-7-8-14(18-15)10-17-13(2)3/h7-9,13,16-17H,6,10-12H2,1-5H3. The minimum Gasteiger partial charge on any atom is -0.309 e. The number of aromatic nitrogens is 1. The molecule has 0 saturated heterocycles. The Kier molecular flexibility index (Phi) is 8.19. The molecular formula is C16H29N3S. The maximum Gasteiger partial charge on any atom is 0.0547 e. The first kappa shape index (κ1) is 17.5. The van der Waals surface area contributed by atoms with Crippen molar-refractivity contribution >= 4 is 11.8 Å². The second-order valence-corrected chi connectivity index (χ2v) is 6.50. The highest BCUT2D eigenvalue weighted by molar-refractivity contribution is 7.98. The largest absolute Gasteiger partial charge is 0.309 e. The van der Waals surface area contributed by atoms with Crippen molar-refractivity contribution in [2.24, 2.45) is 0 Å². The van der Waals surface area contributed by atoms with Crippen molar-refractivity contribution in [2.75, 3.05) is 19.1 Å². The van der Waals surface area contributed by atoms with Gasteiger partial charge in [0.05, 0.1) is 11.4 Å². The average Bonchev–Trinajstić information content (AvgIpc) is 2.42. The Morgan fingerprint density at radius 2 is 2.00 bits per heavy atom. The van der Waals surface area contributed by atoms with Crippen LogP contribution in [-0.2, 0) is 13.1 Å². The number of hydrogen-bond acceptors (Lipinski definition) is 4. The van der Waals surface area contributed by atoms with E-state index in [1.165, 1.54) is 12.2 Å². The smallest absolute Gasteiger partial charge is 0.0547 e. The van der Waals surface area contributed by atoms with Gasteiger partial charge in [0.25, 0.3) is 0 Å². The Bertz CT molecular complexity index is 382. The Morgan fingerprint density at radius 1 is 1.30 bits per heavy atom. The molecule has 0 fully saturated rings. The number of hydrogen-bond donors (Lipinski definition) is 1. The van der Waals surface area contributed by atoms with Gasteiger partial charge in [0.2, 0.25) is 0 Å². The maximum absolute atomic E-state index is 4.75. The van der Waals surface area contributed by atoms with Crippen molar-refractivity contribution in [1.29, 1.82) is 0 Å². The molecule has 1 atom stereocenters. The van der Waals surface area contributed by atoms with E-state index >= 15 is 0 Å². The van der Waals surface area contributed by atoms with Crippen LogP contribution in [0.1, 0.15) is 38.6 Å². The molecule has 3 nitrogen and oxygen atoms in total. The van der Waals surface area contributed by atoms with Gasteiger partial charge in [-0.1, -0.05) is 26.8 Å². The summed E-state index contributed by atoms with van der Waals surface area (Å²) in [6.45, 7) is 8.34. The van der Waals surface area contributed by atoms with Crippen LogP contribution in [0.4, 0.5) is 0 Å². The van der Waals surface area contributed by atoms with Crippen LogP contribution >= 0.6 is 11.8 Å². The molecule has 1 aromatic heterocycles. The molecule has 0 aliphatic heterocycles. The molecule has 1 heterocycles. The van der Waals surface area contributed by atoms with E-state index in [4.69, 9.17) is 4.98 Å². The number of rotatable bonds is 9. The molecule has 0 amide bonds. The van der Waals surface area contributed by atoms with Crippen LogP contribution in [0.3, 0.4) is 0 Å². The number of nitrogens with zero attached hydrogens (tertiary/aromatic N) is 2. The first-order valence-electron chi connectivity index (χ1n) is 7.44. The van der Waals surface area contributed by atoms with E-state index in [2.05, 4.69) is 62.5 Å². The minimum atomic E-state index is 0.495. The maximum atomic E-state index is 4.75. The zero-order valence-electron chi connectivity index (χ0n) is 13.5. The molecule has 4 heteroatoms. The molecule has 114 valence electrons. The van der Waals surface area contributed by atoms with Crippen LogP contribution in [0, 0.1) is 0 Å². The highest BCUT2D eigenvalue weighted by atomic mass is 32.2. The molecule has 1 rings (SSSR count). The lowest BCUT2D eigenvalue weighted by molar-refractivity contribution is 0.245. The zero-order valence-corrected chi connectivity index (χ0v) is 14.3. The summed E-state index contributed by atoms with van der Waals surface area (Å²) in [5.41, 5.74) is 2.29. The van der Waals surface area contributed by atoms with Gasteiger partial charge >= 0.3 is 0 Å². The van der Waals surface area contributed by atoms with Crippen LogP contribution in [-0.4, -0.2) is 41.0 Å². The van der Waals surface area contributed by atoms with Crippen LogP contribution in [0.5, 0.6) is 0 Å². The summed E-state index contributed by atoms with van der Waals surface area (Å²) in [7, 11) is 2.20. The van der Waals surface area contributed by atoms with Gasteiger partial charge in [-0.05, 0) is 31.9 Å². The Balaban J connectivity index is 2.60. The van der Waals surface area contributed by atoms with E-state index in [0.717, 1.165) is 24.5 Å².